The average Bonchev–Trinajstić information content (AvgIpc) is 3.19. The number of aliphatic hydroxyl groups excluding tert-OH is 1. The number of aliphatic hydroxyl groups is 1. The number of aryl methyl sites for hydroxylation is 1. The Labute approximate surface area is 159 Å². The van der Waals surface area contributed by atoms with Crippen LogP contribution in [0, 0.1) is 11.7 Å². The fourth-order valence-corrected chi connectivity index (χ4v) is 4.12. The van der Waals surface area contributed by atoms with Gasteiger partial charge in [0.2, 0.25) is 11.8 Å². The zero-order valence-corrected chi connectivity index (χ0v) is 15.7. The van der Waals surface area contributed by atoms with Crippen molar-refractivity contribution in [3.63, 3.8) is 0 Å². The van der Waals surface area contributed by atoms with Gasteiger partial charge in [0.25, 0.3) is 0 Å². The molecule has 1 aromatic carbocycles. The number of nitrogens with zero attached hydrogens (tertiary/aromatic N) is 1. The summed E-state index contributed by atoms with van der Waals surface area (Å²) in [5, 5.41) is 13.3. The average molecular weight is 376 g/mol. The Balaban J connectivity index is 1.38. The lowest BCUT2D eigenvalue weighted by Crippen LogP contribution is -2.49. The lowest BCUT2D eigenvalue weighted by molar-refractivity contribution is -0.137. The third-order valence-corrected chi connectivity index (χ3v) is 5.71. The number of hydrogen-bond donors (Lipinski definition) is 2. The summed E-state index contributed by atoms with van der Waals surface area (Å²) >= 11 is 0. The molecule has 2 fully saturated rings. The molecule has 1 heterocycles. The van der Waals surface area contributed by atoms with Crippen molar-refractivity contribution in [3.05, 3.63) is 35.6 Å². The van der Waals surface area contributed by atoms with Gasteiger partial charge in [0.15, 0.2) is 0 Å². The Kier molecular flexibility index (Phi) is 6.83. The minimum absolute atomic E-state index is 0.0783. The Morgan fingerprint density at radius 1 is 1.15 bits per heavy atom. The van der Waals surface area contributed by atoms with Gasteiger partial charge in [-0.3, -0.25) is 9.59 Å². The second-order valence-corrected chi connectivity index (χ2v) is 7.76. The fraction of sp³-hybridized carbons (Fsp3) is 0.619. The molecule has 5 nitrogen and oxygen atoms in total. The summed E-state index contributed by atoms with van der Waals surface area (Å²) in [5.74, 6) is -0.296. The highest BCUT2D eigenvalue weighted by molar-refractivity contribution is 5.79. The van der Waals surface area contributed by atoms with Crippen molar-refractivity contribution in [1.82, 2.24) is 10.2 Å². The molecule has 0 radical (unpaired) electrons. The molecule has 1 aliphatic heterocycles. The van der Waals surface area contributed by atoms with Crippen LogP contribution in [0.15, 0.2) is 24.3 Å². The van der Waals surface area contributed by atoms with Crippen molar-refractivity contribution in [2.45, 2.75) is 63.5 Å². The van der Waals surface area contributed by atoms with Crippen molar-refractivity contribution in [2.75, 3.05) is 13.1 Å². The summed E-state index contributed by atoms with van der Waals surface area (Å²) in [4.78, 5) is 26.6. The van der Waals surface area contributed by atoms with E-state index in [-0.39, 0.29) is 29.6 Å². The second-order valence-electron chi connectivity index (χ2n) is 7.76. The molecule has 6 heteroatoms. The Morgan fingerprint density at radius 3 is 2.52 bits per heavy atom. The monoisotopic (exact) mass is 376 g/mol. The van der Waals surface area contributed by atoms with E-state index >= 15 is 0 Å². The standard InChI is InChI=1S/C21H29FN2O3/c22-17-9-6-15(7-10-17)4-3-5-20(26)23-18-11-8-16(14-19(18)25)21(27)24-12-1-2-13-24/h6-7,9-10,16,18-19,25H,1-5,8,11-14H2,(H,23,26)/t16-,18-,19-/m0/s1. The van der Waals surface area contributed by atoms with E-state index in [1.54, 1.807) is 12.1 Å². The van der Waals surface area contributed by atoms with Gasteiger partial charge >= 0.3 is 0 Å². The number of halogens is 1. The van der Waals surface area contributed by atoms with Crippen molar-refractivity contribution in [1.29, 1.82) is 0 Å². The minimum Gasteiger partial charge on any atom is -0.391 e. The highest BCUT2D eigenvalue weighted by atomic mass is 19.1. The predicted octanol–water partition coefficient (Wildman–Crippen LogP) is 2.42. The summed E-state index contributed by atoms with van der Waals surface area (Å²) in [6, 6.07) is 6.04. The van der Waals surface area contributed by atoms with Gasteiger partial charge in [-0.15, -0.1) is 0 Å². The Hall–Kier alpha value is -1.95. The normalized spacial score (nSPS) is 25.4. The van der Waals surface area contributed by atoms with Gasteiger partial charge in [0, 0.05) is 25.4 Å². The molecule has 3 rings (SSSR count). The van der Waals surface area contributed by atoms with Gasteiger partial charge in [0.1, 0.15) is 5.82 Å². The molecule has 1 saturated heterocycles. The molecule has 0 unspecified atom stereocenters. The minimum atomic E-state index is -0.670. The molecule has 148 valence electrons. The largest absolute Gasteiger partial charge is 0.391 e. The SMILES string of the molecule is O=C(CCCc1ccc(F)cc1)N[C@H]1CC[C@H](C(=O)N2CCCC2)C[C@@H]1O. The Bertz CT molecular complexity index is 643. The second kappa shape index (κ2) is 9.31. The molecule has 0 bridgehead atoms. The van der Waals surface area contributed by atoms with Crippen LogP contribution in [0.3, 0.4) is 0 Å². The van der Waals surface area contributed by atoms with Crippen LogP contribution in [-0.4, -0.2) is 47.1 Å². The first-order chi connectivity index (χ1) is 13.0. The number of rotatable bonds is 6. The van der Waals surface area contributed by atoms with Gasteiger partial charge in [-0.05, 0) is 62.6 Å². The van der Waals surface area contributed by atoms with Crippen LogP contribution >= 0.6 is 0 Å². The predicted molar refractivity (Wildman–Crippen MR) is 100 cm³/mol. The summed E-state index contributed by atoms with van der Waals surface area (Å²) < 4.78 is 12.9. The first-order valence-electron chi connectivity index (χ1n) is 10.0. The van der Waals surface area contributed by atoms with Crippen LogP contribution < -0.4 is 5.32 Å². The fourth-order valence-electron chi connectivity index (χ4n) is 4.12. The van der Waals surface area contributed by atoms with Crippen LogP contribution in [-0.2, 0) is 16.0 Å². The van der Waals surface area contributed by atoms with Crippen LogP contribution in [0.25, 0.3) is 0 Å². The quantitative estimate of drug-likeness (QED) is 0.801. The summed E-state index contributed by atoms with van der Waals surface area (Å²) in [6.45, 7) is 1.67. The maximum Gasteiger partial charge on any atom is 0.225 e. The topological polar surface area (TPSA) is 69.6 Å². The van der Waals surface area contributed by atoms with E-state index in [9.17, 15) is 19.1 Å². The van der Waals surface area contributed by atoms with E-state index in [4.69, 9.17) is 0 Å². The van der Waals surface area contributed by atoms with E-state index in [0.29, 0.717) is 38.5 Å². The number of carbonyl (C=O) groups is 2. The van der Waals surface area contributed by atoms with E-state index < -0.39 is 6.10 Å². The van der Waals surface area contributed by atoms with Gasteiger partial charge in [-0.2, -0.15) is 0 Å². The summed E-state index contributed by atoms with van der Waals surface area (Å²) in [5.41, 5.74) is 1.00. The maximum absolute atomic E-state index is 12.9. The summed E-state index contributed by atoms with van der Waals surface area (Å²) in [7, 11) is 0. The number of hydrogen-bond acceptors (Lipinski definition) is 3. The Morgan fingerprint density at radius 2 is 1.85 bits per heavy atom. The van der Waals surface area contributed by atoms with E-state index in [0.717, 1.165) is 31.5 Å². The molecule has 3 atom stereocenters. The zero-order valence-electron chi connectivity index (χ0n) is 15.7. The summed E-state index contributed by atoms with van der Waals surface area (Å²) in [6.07, 6.45) is 5.00. The van der Waals surface area contributed by atoms with Crippen LogP contribution in [0.1, 0.15) is 50.5 Å². The highest BCUT2D eigenvalue weighted by Gasteiger charge is 2.35. The van der Waals surface area contributed by atoms with Gasteiger partial charge in [0.05, 0.1) is 12.1 Å². The molecule has 2 amide bonds. The van der Waals surface area contributed by atoms with Gasteiger partial charge < -0.3 is 15.3 Å². The number of benzene rings is 1. The molecular formula is C21H29FN2O3. The molecule has 2 N–H and O–H groups in total. The molecule has 1 aliphatic carbocycles. The van der Waals surface area contributed by atoms with Gasteiger partial charge in [-0.1, -0.05) is 12.1 Å². The van der Waals surface area contributed by atoms with Crippen molar-refractivity contribution in [3.8, 4) is 0 Å². The number of carbonyl (C=O) groups excluding carboxylic acids is 2. The third kappa shape index (κ3) is 5.51. The smallest absolute Gasteiger partial charge is 0.225 e. The molecule has 1 aromatic rings. The molecule has 0 spiro atoms. The lowest BCUT2D eigenvalue weighted by atomic mass is 9.83. The van der Waals surface area contributed by atoms with Crippen molar-refractivity contribution in [2.24, 2.45) is 5.92 Å². The molecule has 2 aliphatic rings. The number of amides is 2. The van der Waals surface area contributed by atoms with Crippen LogP contribution in [0.2, 0.25) is 0 Å². The number of likely N-dealkylation sites (tertiary alicyclic amines) is 1. The van der Waals surface area contributed by atoms with Crippen molar-refractivity contribution < 1.29 is 19.1 Å². The lowest BCUT2D eigenvalue weighted by Gasteiger charge is -2.34. The van der Waals surface area contributed by atoms with Crippen LogP contribution in [0.5, 0.6) is 0 Å². The van der Waals surface area contributed by atoms with E-state index in [1.807, 2.05) is 4.90 Å². The van der Waals surface area contributed by atoms with Crippen LogP contribution in [0.4, 0.5) is 4.39 Å². The third-order valence-electron chi connectivity index (χ3n) is 5.71. The molecule has 27 heavy (non-hydrogen) atoms. The molecule has 0 aromatic heterocycles. The van der Waals surface area contributed by atoms with Gasteiger partial charge in [-0.25, -0.2) is 4.39 Å². The first-order valence-corrected chi connectivity index (χ1v) is 10.0. The van der Waals surface area contributed by atoms with E-state index in [2.05, 4.69) is 5.32 Å². The maximum atomic E-state index is 12.9. The van der Waals surface area contributed by atoms with Crippen molar-refractivity contribution >= 4 is 11.8 Å². The first kappa shape index (κ1) is 19.8. The number of nitrogens with one attached hydrogen (secondary N) is 1. The van der Waals surface area contributed by atoms with E-state index in [1.165, 1.54) is 12.1 Å². The zero-order chi connectivity index (χ0) is 19.2. The highest BCUT2D eigenvalue weighted by Crippen LogP contribution is 2.28. The molecular weight excluding hydrogens is 347 g/mol. The molecule has 1 saturated carbocycles.